The highest BCUT2D eigenvalue weighted by Crippen LogP contribution is 2.21. The molecule has 1 fully saturated rings. The molecule has 0 atom stereocenters. The van der Waals surface area contributed by atoms with Crippen LogP contribution < -0.4 is 5.73 Å². The highest BCUT2D eigenvalue weighted by atomic mass is 32.2. The molecule has 20 heavy (non-hydrogen) atoms. The van der Waals surface area contributed by atoms with Crippen LogP contribution in [-0.2, 0) is 14.8 Å². The number of benzene rings is 1. The molecule has 0 radical (unpaired) electrons. The van der Waals surface area contributed by atoms with Crippen LogP contribution in [0.3, 0.4) is 0 Å². The van der Waals surface area contributed by atoms with Crippen molar-refractivity contribution in [2.24, 2.45) is 0 Å². The summed E-state index contributed by atoms with van der Waals surface area (Å²) in [6, 6.07) is 4.76. The Morgan fingerprint density at radius 1 is 1.20 bits per heavy atom. The number of hydrogen-bond acceptors (Lipinski definition) is 4. The van der Waals surface area contributed by atoms with Crippen molar-refractivity contribution >= 4 is 21.6 Å². The van der Waals surface area contributed by atoms with Crippen LogP contribution in [0.25, 0.3) is 0 Å². The average Bonchev–Trinajstić information content (AvgIpc) is 2.41. The summed E-state index contributed by atoms with van der Waals surface area (Å²) < 4.78 is 26.4. The summed E-state index contributed by atoms with van der Waals surface area (Å²) in [6.07, 6.45) is 0. The lowest BCUT2D eigenvalue weighted by molar-refractivity contribution is -0.129. The number of carbonyl (C=O) groups is 1. The number of aryl methyl sites for hydroxylation is 1. The van der Waals surface area contributed by atoms with Gasteiger partial charge in [-0.15, -0.1) is 0 Å². The third-order valence-electron chi connectivity index (χ3n) is 3.57. The number of anilines is 1. The normalized spacial score (nSPS) is 17.2. The van der Waals surface area contributed by atoms with Gasteiger partial charge in [-0.3, -0.25) is 4.79 Å². The van der Waals surface area contributed by atoms with E-state index in [9.17, 15) is 13.2 Å². The maximum absolute atomic E-state index is 12.5. The van der Waals surface area contributed by atoms with Crippen molar-refractivity contribution in [1.82, 2.24) is 9.21 Å². The Bertz CT molecular complexity index is 620. The van der Waals surface area contributed by atoms with Gasteiger partial charge >= 0.3 is 0 Å². The second-order valence-corrected chi connectivity index (χ2v) is 6.87. The number of amides is 1. The van der Waals surface area contributed by atoms with E-state index >= 15 is 0 Å². The second-order valence-electron chi connectivity index (χ2n) is 4.93. The standard InChI is InChI=1S/C13H19N3O3S/c1-10-3-4-12(9-13(10)14)20(18,19)16-7-5-15(6-8-16)11(2)17/h3-4,9H,5-8,14H2,1-2H3. The second kappa shape index (κ2) is 5.41. The molecule has 0 saturated carbocycles. The molecule has 1 heterocycles. The van der Waals surface area contributed by atoms with Gasteiger partial charge in [0.1, 0.15) is 0 Å². The fourth-order valence-electron chi connectivity index (χ4n) is 2.17. The van der Waals surface area contributed by atoms with Crippen molar-refractivity contribution < 1.29 is 13.2 Å². The maximum Gasteiger partial charge on any atom is 0.243 e. The first-order chi connectivity index (χ1) is 9.32. The molecule has 1 amide bonds. The Kier molecular flexibility index (Phi) is 4.01. The Morgan fingerprint density at radius 3 is 2.30 bits per heavy atom. The van der Waals surface area contributed by atoms with Crippen LogP contribution in [0.5, 0.6) is 0 Å². The monoisotopic (exact) mass is 297 g/mol. The van der Waals surface area contributed by atoms with E-state index in [2.05, 4.69) is 0 Å². The molecule has 2 rings (SSSR count). The predicted octanol–water partition coefficient (Wildman–Crippen LogP) is 0.430. The van der Waals surface area contributed by atoms with Crippen LogP contribution in [0.1, 0.15) is 12.5 Å². The summed E-state index contributed by atoms with van der Waals surface area (Å²) in [4.78, 5) is 13.1. The Hall–Kier alpha value is -1.60. The number of carbonyl (C=O) groups excluding carboxylic acids is 1. The highest BCUT2D eigenvalue weighted by molar-refractivity contribution is 7.89. The van der Waals surface area contributed by atoms with Crippen LogP contribution >= 0.6 is 0 Å². The van der Waals surface area contributed by atoms with Crippen molar-refractivity contribution in [3.63, 3.8) is 0 Å². The SMILES string of the molecule is CC(=O)N1CCN(S(=O)(=O)c2ccc(C)c(N)c2)CC1. The Morgan fingerprint density at radius 2 is 1.80 bits per heavy atom. The van der Waals surface area contributed by atoms with E-state index < -0.39 is 10.0 Å². The van der Waals surface area contributed by atoms with E-state index in [4.69, 9.17) is 5.73 Å². The van der Waals surface area contributed by atoms with Gasteiger partial charge in [0.25, 0.3) is 0 Å². The van der Waals surface area contributed by atoms with Crippen molar-refractivity contribution in [1.29, 1.82) is 0 Å². The molecule has 2 N–H and O–H groups in total. The third kappa shape index (κ3) is 2.78. The minimum absolute atomic E-state index is 0.0263. The number of piperazine rings is 1. The minimum Gasteiger partial charge on any atom is -0.398 e. The topological polar surface area (TPSA) is 83.7 Å². The van der Waals surface area contributed by atoms with Gasteiger partial charge < -0.3 is 10.6 Å². The Labute approximate surface area is 119 Å². The number of nitrogen functional groups attached to an aromatic ring is 1. The fraction of sp³-hybridized carbons (Fsp3) is 0.462. The van der Waals surface area contributed by atoms with E-state index in [1.165, 1.54) is 17.3 Å². The summed E-state index contributed by atoms with van der Waals surface area (Å²) >= 11 is 0. The van der Waals surface area contributed by atoms with Gasteiger partial charge in [0.15, 0.2) is 0 Å². The third-order valence-corrected chi connectivity index (χ3v) is 5.47. The van der Waals surface area contributed by atoms with Crippen LogP contribution in [0.2, 0.25) is 0 Å². The molecule has 0 spiro atoms. The number of rotatable bonds is 2. The molecule has 6 nitrogen and oxygen atoms in total. The zero-order valence-corrected chi connectivity index (χ0v) is 12.5. The lowest BCUT2D eigenvalue weighted by Gasteiger charge is -2.33. The summed E-state index contributed by atoms with van der Waals surface area (Å²) in [5.74, 6) is -0.0263. The summed E-state index contributed by atoms with van der Waals surface area (Å²) in [5, 5.41) is 0. The van der Waals surface area contributed by atoms with Gasteiger partial charge in [-0.05, 0) is 24.6 Å². The molecule has 1 saturated heterocycles. The van der Waals surface area contributed by atoms with Gasteiger partial charge in [-0.25, -0.2) is 8.42 Å². The molecule has 0 unspecified atom stereocenters. The van der Waals surface area contributed by atoms with Crippen LogP contribution in [-0.4, -0.2) is 49.7 Å². The number of sulfonamides is 1. The first-order valence-electron chi connectivity index (χ1n) is 6.44. The number of nitrogens with two attached hydrogens (primary N) is 1. The molecule has 0 aliphatic carbocycles. The zero-order valence-electron chi connectivity index (χ0n) is 11.7. The molecule has 0 aromatic heterocycles. The Balaban J connectivity index is 2.19. The fourth-order valence-corrected chi connectivity index (χ4v) is 3.63. The first kappa shape index (κ1) is 14.8. The van der Waals surface area contributed by atoms with Gasteiger partial charge in [0.2, 0.25) is 15.9 Å². The van der Waals surface area contributed by atoms with Gasteiger partial charge in [0, 0.05) is 38.8 Å². The van der Waals surface area contributed by atoms with Gasteiger partial charge in [0.05, 0.1) is 4.90 Å². The first-order valence-corrected chi connectivity index (χ1v) is 7.88. The van der Waals surface area contributed by atoms with Crippen molar-refractivity contribution in [3.05, 3.63) is 23.8 Å². The molecular formula is C13H19N3O3S. The highest BCUT2D eigenvalue weighted by Gasteiger charge is 2.29. The molecule has 0 bridgehead atoms. The molecule has 1 aromatic carbocycles. The van der Waals surface area contributed by atoms with Crippen LogP contribution in [0.15, 0.2) is 23.1 Å². The number of hydrogen-bond donors (Lipinski definition) is 1. The van der Waals surface area contributed by atoms with Crippen LogP contribution in [0.4, 0.5) is 5.69 Å². The maximum atomic E-state index is 12.5. The lowest BCUT2D eigenvalue weighted by Crippen LogP contribution is -2.49. The van der Waals surface area contributed by atoms with E-state index in [0.717, 1.165) is 5.56 Å². The molecule has 110 valence electrons. The minimum atomic E-state index is -3.54. The van der Waals surface area contributed by atoms with E-state index in [1.807, 2.05) is 6.92 Å². The van der Waals surface area contributed by atoms with E-state index in [-0.39, 0.29) is 10.8 Å². The predicted molar refractivity (Wildman–Crippen MR) is 76.6 cm³/mol. The average molecular weight is 297 g/mol. The zero-order chi connectivity index (χ0) is 14.9. The van der Waals surface area contributed by atoms with Crippen molar-refractivity contribution in [3.8, 4) is 0 Å². The molecule has 1 aliphatic rings. The lowest BCUT2D eigenvalue weighted by atomic mass is 10.2. The quantitative estimate of drug-likeness (QED) is 0.802. The van der Waals surface area contributed by atoms with Crippen molar-refractivity contribution in [2.45, 2.75) is 18.7 Å². The van der Waals surface area contributed by atoms with Gasteiger partial charge in [-0.2, -0.15) is 4.31 Å². The van der Waals surface area contributed by atoms with E-state index in [1.54, 1.807) is 17.0 Å². The molecule has 1 aromatic rings. The molecular weight excluding hydrogens is 278 g/mol. The molecule has 1 aliphatic heterocycles. The smallest absolute Gasteiger partial charge is 0.243 e. The van der Waals surface area contributed by atoms with Gasteiger partial charge in [-0.1, -0.05) is 6.07 Å². The number of nitrogens with zero attached hydrogens (tertiary/aromatic N) is 2. The van der Waals surface area contributed by atoms with E-state index in [0.29, 0.717) is 31.9 Å². The molecule has 7 heteroatoms. The summed E-state index contributed by atoms with van der Waals surface area (Å²) in [7, 11) is -3.54. The largest absolute Gasteiger partial charge is 0.398 e. The van der Waals surface area contributed by atoms with Crippen LogP contribution in [0, 0.1) is 6.92 Å². The summed E-state index contributed by atoms with van der Waals surface area (Å²) in [6.45, 7) is 4.80. The summed E-state index contributed by atoms with van der Waals surface area (Å²) in [5.41, 5.74) is 7.09. The van der Waals surface area contributed by atoms with Crippen molar-refractivity contribution in [2.75, 3.05) is 31.9 Å².